The molecule has 190 valence electrons. The molecule has 0 radical (unpaired) electrons. The molecule has 0 N–H and O–H groups in total. The Morgan fingerprint density at radius 3 is 2.70 bits per heavy atom. The summed E-state index contributed by atoms with van der Waals surface area (Å²) in [7, 11) is 1.72. The standard InChI is InChI=1S/C28H31N7O2/c1-18-16-33(11-12-34(18)19(2)36)28-29-14-22(15-30-28)23-7-8-24-27(32-23)35-25(9-10-26(35)31-24)21-6-4-5-20(13-21)17-37-3/h4-8,13-15,18,25H,9-12,16-17H2,1-3H3/t18-,25-/m1/s1. The summed E-state index contributed by atoms with van der Waals surface area (Å²) in [5.74, 6) is 1.87. The highest BCUT2D eigenvalue weighted by Crippen LogP contribution is 2.36. The van der Waals surface area contributed by atoms with E-state index >= 15 is 0 Å². The van der Waals surface area contributed by atoms with Crippen LogP contribution in [0.5, 0.6) is 0 Å². The van der Waals surface area contributed by atoms with Crippen LogP contribution < -0.4 is 4.90 Å². The Kier molecular flexibility index (Phi) is 6.08. The van der Waals surface area contributed by atoms with Gasteiger partial charge in [-0.15, -0.1) is 0 Å². The van der Waals surface area contributed by atoms with Crippen LogP contribution in [0.4, 0.5) is 5.95 Å². The van der Waals surface area contributed by atoms with Crippen LogP contribution in [0.3, 0.4) is 0 Å². The van der Waals surface area contributed by atoms with Crippen LogP contribution in [0.1, 0.15) is 43.3 Å². The Hall–Kier alpha value is -3.85. The lowest BCUT2D eigenvalue weighted by atomic mass is 10.0. The monoisotopic (exact) mass is 497 g/mol. The zero-order valence-corrected chi connectivity index (χ0v) is 21.5. The minimum Gasteiger partial charge on any atom is -0.380 e. The topological polar surface area (TPSA) is 89.3 Å². The van der Waals surface area contributed by atoms with Gasteiger partial charge in [-0.1, -0.05) is 24.3 Å². The SMILES string of the molecule is COCc1cccc([C@H]2CCc3nc4ccc(-c5cnc(N6CCN(C(C)=O)[C@H](C)C6)nc5)nc4n32)c1. The highest BCUT2D eigenvalue weighted by Gasteiger charge is 2.29. The van der Waals surface area contributed by atoms with Gasteiger partial charge < -0.3 is 19.1 Å². The first-order valence-electron chi connectivity index (χ1n) is 12.8. The largest absolute Gasteiger partial charge is 0.380 e. The van der Waals surface area contributed by atoms with E-state index < -0.39 is 0 Å². The first-order valence-corrected chi connectivity index (χ1v) is 12.8. The molecule has 6 rings (SSSR count). The molecule has 2 atom stereocenters. The molecule has 1 amide bonds. The summed E-state index contributed by atoms with van der Waals surface area (Å²) in [6.07, 6.45) is 5.61. The van der Waals surface area contributed by atoms with Crippen molar-refractivity contribution in [2.75, 3.05) is 31.6 Å². The third-order valence-corrected chi connectivity index (χ3v) is 7.46. The van der Waals surface area contributed by atoms with Crippen LogP contribution in [0.2, 0.25) is 0 Å². The molecule has 0 bridgehead atoms. The smallest absolute Gasteiger partial charge is 0.225 e. The quantitative estimate of drug-likeness (QED) is 0.416. The van der Waals surface area contributed by atoms with Gasteiger partial charge in [0.25, 0.3) is 0 Å². The molecule has 0 unspecified atom stereocenters. The molecule has 0 aliphatic carbocycles. The predicted molar refractivity (Wildman–Crippen MR) is 141 cm³/mol. The van der Waals surface area contributed by atoms with E-state index in [4.69, 9.17) is 14.7 Å². The molecule has 4 aromatic rings. The van der Waals surface area contributed by atoms with E-state index in [-0.39, 0.29) is 18.0 Å². The normalized spacial score (nSPS) is 19.4. The van der Waals surface area contributed by atoms with Gasteiger partial charge in [0.1, 0.15) is 11.3 Å². The summed E-state index contributed by atoms with van der Waals surface area (Å²) >= 11 is 0. The number of benzene rings is 1. The maximum atomic E-state index is 11.8. The summed E-state index contributed by atoms with van der Waals surface area (Å²) in [6, 6.07) is 13.0. The maximum absolute atomic E-state index is 11.8. The zero-order chi connectivity index (χ0) is 25.5. The first-order chi connectivity index (χ1) is 18.0. The van der Waals surface area contributed by atoms with E-state index in [0.29, 0.717) is 19.1 Å². The number of hydrogen-bond donors (Lipinski definition) is 0. The lowest BCUT2D eigenvalue weighted by molar-refractivity contribution is -0.131. The number of amides is 1. The minimum atomic E-state index is 0.112. The van der Waals surface area contributed by atoms with Crippen molar-refractivity contribution in [2.45, 2.75) is 45.4 Å². The van der Waals surface area contributed by atoms with Crippen molar-refractivity contribution in [1.29, 1.82) is 0 Å². The van der Waals surface area contributed by atoms with Crippen molar-refractivity contribution in [3.63, 3.8) is 0 Å². The highest BCUT2D eigenvalue weighted by molar-refractivity contribution is 5.77. The molecule has 5 heterocycles. The van der Waals surface area contributed by atoms with Crippen molar-refractivity contribution in [3.05, 3.63) is 65.7 Å². The van der Waals surface area contributed by atoms with Gasteiger partial charge in [0.2, 0.25) is 11.9 Å². The predicted octanol–water partition coefficient (Wildman–Crippen LogP) is 3.63. The van der Waals surface area contributed by atoms with Gasteiger partial charge in [-0.05, 0) is 36.6 Å². The van der Waals surface area contributed by atoms with E-state index in [9.17, 15) is 4.79 Å². The number of carbonyl (C=O) groups is 1. The van der Waals surface area contributed by atoms with Crippen LogP contribution in [-0.4, -0.2) is 68.1 Å². The second-order valence-electron chi connectivity index (χ2n) is 9.95. The third-order valence-electron chi connectivity index (χ3n) is 7.46. The number of fused-ring (bicyclic) bond motifs is 3. The summed E-state index contributed by atoms with van der Waals surface area (Å²) in [4.78, 5) is 35.0. The molecule has 37 heavy (non-hydrogen) atoms. The van der Waals surface area contributed by atoms with Gasteiger partial charge in [0.15, 0.2) is 5.65 Å². The van der Waals surface area contributed by atoms with Gasteiger partial charge in [-0.3, -0.25) is 4.79 Å². The molecule has 2 aliphatic heterocycles. The van der Waals surface area contributed by atoms with Gasteiger partial charge in [0.05, 0.1) is 18.3 Å². The Bertz CT molecular complexity index is 1450. The van der Waals surface area contributed by atoms with E-state index in [0.717, 1.165) is 54.2 Å². The fourth-order valence-electron chi connectivity index (χ4n) is 5.68. The van der Waals surface area contributed by atoms with Crippen molar-refractivity contribution in [3.8, 4) is 11.3 Å². The molecular weight excluding hydrogens is 466 g/mol. The number of hydrogen-bond acceptors (Lipinski definition) is 7. The van der Waals surface area contributed by atoms with E-state index in [1.807, 2.05) is 29.4 Å². The van der Waals surface area contributed by atoms with Gasteiger partial charge >= 0.3 is 0 Å². The molecule has 1 fully saturated rings. The highest BCUT2D eigenvalue weighted by atomic mass is 16.5. The molecule has 1 aromatic carbocycles. The number of anilines is 1. The van der Waals surface area contributed by atoms with Gasteiger partial charge in [-0.2, -0.15) is 0 Å². The number of rotatable bonds is 5. The van der Waals surface area contributed by atoms with Gasteiger partial charge in [-0.25, -0.2) is 19.9 Å². The van der Waals surface area contributed by atoms with E-state index in [2.05, 4.69) is 50.6 Å². The van der Waals surface area contributed by atoms with Gasteiger partial charge in [0, 0.05) is 64.1 Å². The Morgan fingerprint density at radius 2 is 1.95 bits per heavy atom. The molecule has 9 nitrogen and oxygen atoms in total. The average Bonchev–Trinajstić information content (AvgIpc) is 3.48. The average molecular weight is 498 g/mol. The molecule has 0 spiro atoms. The maximum Gasteiger partial charge on any atom is 0.225 e. The fraction of sp³-hybridized carbons (Fsp3) is 0.393. The number of ether oxygens (including phenoxy) is 1. The van der Waals surface area contributed by atoms with E-state index in [1.165, 1.54) is 11.1 Å². The third kappa shape index (κ3) is 4.33. The Balaban J connectivity index is 1.27. The Morgan fingerprint density at radius 1 is 1.11 bits per heavy atom. The first kappa shape index (κ1) is 23.5. The lowest BCUT2D eigenvalue weighted by Gasteiger charge is -2.39. The number of aromatic nitrogens is 5. The molecule has 3 aromatic heterocycles. The molecular formula is C28H31N7O2. The molecule has 2 aliphatic rings. The fourth-order valence-corrected chi connectivity index (χ4v) is 5.68. The van der Waals surface area contributed by atoms with Crippen molar-refractivity contribution in [2.24, 2.45) is 0 Å². The second kappa shape index (κ2) is 9.55. The van der Waals surface area contributed by atoms with Crippen LogP contribution in [0.25, 0.3) is 22.4 Å². The number of pyridine rings is 1. The molecule has 0 saturated carbocycles. The zero-order valence-electron chi connectivity index (χ0n) is 21.5. The second-order valence-corrected chi connectivity index (χ2v) is 9.95. The summed E-state index contributed by atoms with van der Waals surface area (Å²) in [6.45, 7) is 6.41. The summed E-state index contributed by atoms with van der Waals surface area (Å²) < 4.78 is 7.63. The lowest BCUT2D eigenvalue weighted by Crippen LogP contribution is -2.53. The van der Waals surface area contributed by atoms with Crippen LogP contribution in [0, 0.1) is 0 Å². The van der Waals surface area contributed by atoms with Crippen molar-refractivity contribution in [1.82, 2.24) is 29.4 Å². The number of nitrogens with zero attached hydrogens (tertiary/aromatic N) is 7. The number of aryl methyl sites for hydroxylation is 1. The van der Waals surface area contributed by atoms with Crippen LogP contribution in [0.15, 0.2) is 48.8 Å². The molecule has 9 heteroatoms. The molecule has 1 saturated heterocycles. The number of imidazole rings is 1. The minimum absolute atomic E-state index is 0.112. The number of carbonyl (C=O) groups excluding carboxylic acids is 1. The van der Waals surface area contributed by atoms with E-state index in [1.54, 1.807) is 14.0 Å². The van der Waals surface area contributed by atoms with Crippen molar-refractivity contribution < 1.29 is 9.53 Å². The summed E-state index contributed by atoms with van der Waals surface area (Å²) in [5, 5.41) is 0. The number of methoxy groups -OCH3 is 1. The van der Waals surface area contributed by atoms with Crippen LogP contribution in [-0.2, 0) is 22.6 Å². The number of piperazine rings is 1. The summed E-state index contributed by atoms with van der Waals surface area (Å²) in [5.41, 5.74) is 5.92. The van der Waals surface area contributed by atoms with Crippen molar-refractivity contribution >= 4 is 23.0 Å². The van der Waals surface area contributed by atoms with Crippen LogP contribution >= 0.6 is 0 Å². The Labute approximate surface area is 216 Å².